The molecule has 0 aliphatic carbocycles. The second-order valence-corrected chi connectivity index (χ2v) is 12.4. The highest BCUT2D eigenvalue weighted by Crippen LogP contribution is 2.33. The Morgan fingerprint density at radius 2 is 1.81 bits per heavy atom. The summed E-state index contributed by atoms with van der Waals surface area (Å²) < 4.78 is 69.9. The lowest BCUT2D eigenvalue weighted by molar-refractivity contribution is -0.142. The van der Waals surface area contributed by atoms with Crippen LogP contribution in [0.3, 0.4) is 0 Å². The van der Waals surface area contributed by atoms with Crippen LogP contribution in [0.2, 0.25) is 5.02 Å². The van der Waals surface area contributed by atoms with Crippen LogP contribution in [0.25, 0.3) is 16.9 Å². The largest absolute Gasteiger partial charge is 0.433 e. The van der Waals surface area contributed by atoms with Gasteiger partial charge in [0.2, 0.25) is 0 Å². The van der Waals surface area contributed by atoms with Gasteiger partial charge in [0.1, 0.15) is 4.21 Å². The van der Waals surface area contributed by atoms with E-state index in [1.807, 2.05) is 0 Å². The van der Waals surface area contributed by atoms with E-state index in [9.17, 15) is 21.6 Å². The van der Waals surface area contributed by atoms with Crippen LogP contribution in [0.15, 0.2) is 46.8 Å². The van der Waals surface area contributed by atoms with Gasteiger partial charge < -0.3 is 0 Å². The number of alkyl halides is 3. The number of thiophene rings is 1. The van der Waals surface area contributed by atoms with Crippen molar-refractivity contribution in [2.24, 2.45) is 0 Å². The quantitative estimate of drug-likeness (QED) is 0.320. The van der Waals surface area contributed by atoms with E-state index in [1.54, 1.807) is 45.9 Å². The second-order valence-electron chi connectivity index (χ2n) is 9.01. The molecule has 0 unspecified atom stereocenters. The van der Waals surface area contributed by atoms with Crippen LogP contribution in [-0.2, 0) is 16.2 Å². The number of nitrogens with zero attached hydrogens (tertiary/aromatic N) is 3. The van der Waals surface area contributed by atoms with Crippen molar-refractivity contribution in [2.75, 3.05) is 0 Å². The zero-order valence-corrected chi connectivity index (χ0v) is 21.9. The maximum Gasteiger partial charge on any atom is 0.433 e. The van der Waals surface area contributed by atoms with Gasteiger partial charge in [0.15, 0.2) is 11.3 Å². The van der Waals surface area contributed by atoms with Crippen LogP contribution >= 0.6 is 22.9 Å². The number of hydrogen-bond acceptors (Lipinski definition) is 5. The Morgan fingerprint density at radius 1 is 1.08 bits per heavy atom. The lowest BCUT2D eigenvalue weighted by atomic mass is 10.1. The molecular weight excluding hydrogens is 533 g/mol. The maximum atomic E-state index is 13.8. The van der Waals surface area contributed by atoms with E-state index in [-0.39, 0.29) is 21.1 Å². The highest BCUT2D eigenvalue weighted by Gasteiger charge is 2.35. The number of rotatable bonds is 3. The summed E-state index contributed by atoms with van der Waals surface area (Å²) in [7, 11) is -3.73. The Balaban J connectivity index is 1.78. The number of aryl methyl sites for hydroxylation is 1. The van der Waals surface area contributed by atoms with Crippen molar-refractivity contribution in [3.63, 3.8) is 0 Å². The molecule has 0 fully saturated rings. The standard InChI is InChI=1S/C24H20ClF3N4O2S2/c1-14-11-15(6-9-18(14)25)19-12-20(24(26,27)28)32-22(30-19)16(13-29-32)5-7-17-8-10-21(35-17)36(33,34)31-23(2,3)4/h6,8-13,31H,1-4H3. The van der Waals surface area contributed by atoms with Crippen molar-refractivity contribution in [3.05, 3.63) is 69.3 Å². The molecule has 3 aromatic heterocycles. The number of benzene rings is 1. The third-order valence-corrected chi connectivity index (χ3v) is 8.50. The zero-order chi connectivity index (χ0) is 26.5. The Hall–Kier alpha value is -2.91. The van der Waals surface area contributed by atoms with E-state index in [2.05, 4.69) is 26.6 Å². The molecule has 0 atom stereocenters. The molecule has 0 radical (unpaired) electrons. The molecule has 188 valence electrons. The molecule has 0 aliphatic rings. The van der Waals surface area contributed by atoms with Crippen LogP contribution in [-0.4, -0.2) is 28.6 Å². The molecule has 0 aliphatic heterocycles. The first kappa shape index (κ1) is 26.2. The van der Waals surface area contributed by atoms with Gasteiger partial charge in [-0.2, -0.15) is 18.3 Å². The predicted molar refractivity (Wildman–Crippen MR) is 134 cm³/mol. The van der Waals surface area contributed by atoms with Crippen LogP contribution in [0.4, 0.5) is 13.2 Å². The van der Waals surface area contributed by atoms with Crippen molar-refractivity contribution in [3.8, 4) is 23.1 Å². The zero-order valence-electron chi connectivity index (χ0n) is 19.5. The summed E-state index contributed by atoms with van der Waals surface area (Å²) >= 11 is 7.02. The summed E-state index contributed by atoms with van der Waals surface area (Å²) in [5, 5.41) is 4.34. The van der Waals surface area contributed by atoms with Gasteiger partial charge in [-0.15, -0.1) is 11.3 Å². The molecule has 3 heterocycles. The van der Waals surface area contributed by atoms with Crippen LogP contribution in [0.5, 0.6) is 0 Å². The Morgan fingerprint density at radius 3 is 2.44 bits per heavy atom. The molecule has 0 bridgehead atoms. The number of aromatic nitrogens is 3. The molecule has 4 aromatic rings. The molecule has 36 heavy (non-hydrogen) atoms. The van der Waals surface area contributed by atoms with Crippen LogP contribution in [0.1, 0.15) is 42.5 Å². The lowest BCUT2D eigenvalue weighted by Gasteiger charge is -2.19. The van der Waals surface area contributed by atoms with Gasteiger partial charge in [0.05, 0.1) is 22.3 Å². The van der Waals surface area contributed by atoms with Crippen molar-refractivity contribution in [1.29, 1.82) is 0 Å². The van der Waals surface area contributed by atoms with Gasteiger partial charge in [-0.1, -0.05) is 29.5 Å². The van der Waals surface area contributed by atoms with Crippen molar-refractivity contribution in [2.45, 2.75) is 43.6 Å². The molecule has 0 saturated carbocycles. The molecule has 0 spiro atoms. The average molecular weight is 553 g/mol. The van der Waals surface area contributed by atoms with Gasteiger partial charge in [0.25, 0.3) is 10.0 Å². The van der Waals surface area contributed by atoms with Crippen LogP contribution < -0.4 is 4.72 Å². The normalized spacial score (nSPS) is 12.6. The number of sulfonamides is 1. The molecule has 4 rings (SSSR count). The third-order valence-electron chi connectivity index (χ3n) is 4.82. The van der Waals surface area contributed by atoms with Gasteiger partial charge in [0, 0.05) is 16.1 Å². The number of halogens is 4. The molecular formula is C24H20ClF3N4O2S2. The Labute approximate surface area is 215 Å². The fourth-order valence-electron chi connectivity index (χ4n) is 3.32. The number of nitrogens with one attached hydrogen (secondary N) is 1. The fraction of sp³-hybridized carbons (Fsp3) is 0.250. The first-order valence-corrected chi connectivity index (χ1v) is 13.2. The topological polar surface area (TPSA) is 76.4 Å². The van der Waals surface area contributed by atoms with Crippen LogP contribution in [0, 0.1) is 18.8 Å². The summed E-state index contributed by atoms with van der Waals surface area (Å²) in [5.41, 5.74) is -0.311. The van der Waals surface area contributed by atoms with Crippen molar-refractivity contribution in [1.82, 2.24) is 19.3 Å². The lowest BCUT2D eigenvalue weighted by Crippen LogP contribution is -2.40. The smallest absolute Gasteiger partial charge is 0.227 e. The van der Waals surface area contributed by atoms with Crippen molar-refractivity contribution < 1.29 is 21.6 Å². The SMILES string of the molecule is Cc1cc(-c2cc(C(F)(F)F)n3ncc(C#Cc4ccc(S(=O)(=O)NC(C)(C)C)s4)c3n2)ccc1Cl. The second kappa shape index (κ2) is 9.19. The monoisotopic (exact) mass is 552 g/mol. The summed E-state index contributed by atoms with van der Waals surface area (Å²) in [6.45, 7) is 6.93. The predicted octanol–water partition coefficient (Wildman–Crippen LogP) is 5.92. The van der Waals surface area contributed by atoms with E-state index in [0.29, 0.717) is 25.5 Å². The van der Waals surface area contributed by atoms with E-state index in [4.69, 9.17) is 11.6 Å². The number of hydrogen-bond donors (Lipinski definition) is 1. The first-order valence-electron chi connectivity index (χ1n) is 10.5. The van der Waals surface area contributed by atoms with Gasteiger partial charge >= 0.3 is 6.18 Å². The minimum atomic E-state index is -4.69. The Bertz CT molecular complexity index is 1640. The molecule has 1 N–H and O–H groups in total. The van der Waals surface area contributed by atoms with Gasteiger partial charge in [-0.05, 0) is 63.6 Å². The highest BCUT2D eigenvalue weighted by atomic mass is 35.5. The maximum absolute atomic E-state index is 13.8. The van der Waals surface area contributed by atoms with Gasteiger partial charge in [-0.25, -0.2) is 22.6 Å². The fourth-order valence-corrected chi connectivity index (χ4v) is 6.01. The molecule has 6 nitrogen and oxygen atoms in total. The highest BCUT2D eigenvalue weighted by molar-refractivity contribution is 7.91. The van der Waals surface area contributed by atoms with E-state index < -0.39 is 27.4 Å². The summed E-state index contributed by atoms with van der Waals surface area (Å²) in [5.74, 6) is 5.60. The van der Waals surface area contributed by atoms with E-state index in [1.165, 1.54) is 18.3 Å². The minimum absolute atomic E-state index is 0.0706. The first-order chi connectivity index (χ1) is 16.6. The van der Waals surface area contributed by atoms with Gasteiger partial charge in [-0.3, -0.25) is 0 Å². The molecule has 0 amide bonds. The summed E-state index contributed by atoms with van der Waals surface area (Å²) in [6, 6.07) is 8.74. The average Bonchev–Trinajstić information content (AvgIpc) is 3.38. The molecule has 0 saturated heterocycles. The number of fused-ring (bicyclic) bond motifs is 1. The molecule has 1 aromatic carbocycles. The summed E-state index contributed by atoms with van der Waals surface area (Å²) in [4.78, 5) is 4.82. The minimum Gasteiger partial charge on any atom is -0.227 e. The van der Waals surface area contributed by atoms with E-state index in [0.717, 1.165) is 17.4 Å². The van der Waals surface area contributed by atoms with E-state index >= 15 is 0 Å². The Kier molecular flexibility index (Phi) is 6.68. The third kappa shape index (κ3) is 5.57. The van der Waals surface area contributed by atoms with Crippen molar-refractivity contribution >= 4 is 38.6 Å². The summed E-state index contributed by atoms with van der Waals surface area (Å²) in [6.07, 6.45) is -3.49. The molecule has 12 heteroatoms.